The van der Waals surface area contributed by atoms with Gasteiger partial charge in [-0.25, -0.2) is 0 Å². The minimum absolute atomic E-state index is 0.720. The summed E-state index contributed by atoms with van der Waals surface area (Å²) < 4.78 is 22.1. The summed E-state index contributed by atoms with van der Waals surface area (Å²) in [5.41, 5.74) is 7.43. The molecule has 0 amide bonds. The Balaban J connectivity index is 2.17. The van der Waals surface area contributed by atoms with Gasteiger partial charge in [0.15, 0.2) is 0 Å². The summed E-state index contributed by atoms with van der Waals surface area (Å²) in [4.78, 5) is 0.720. The van der Waals surface area contributed by atoms with E-state index in [1.54, 1.807) is 0 Å². The predicted molar refractivity (Wildman–Crippen MR) is 120 cm³/mol. The van der Waals surface area contributed by atoms with Crippen molar-refractivity contribution >= 4 is 34.6 Å². The van der Waals surface area contributed by atoms with Crippen LogP contribution in [-0.4, -0.2) is 18.9 Å². The van der Waals surface area contributed by atoms with Crippen LogP contribution in [0.15, 0.2) is 59.5 Å². The first-order chi connectivity index (χ1) is 13.3. The van der Waals surface area contributed by atoms with Crippen LogP contribution in [0.25, 0.3) is 0 Å². The molecule has 3 aromatic carbocycles. The van der Waals surface area contributed by atoms with Crippen LogP contribution in [-0.2, 0) is 14.3 Å². The zero-order valence-electron chi connectivity index (χ0n) is 17.4. The Labute approximate surface area is 176 Å². The Bertz CT molecular complexity index is 925. The van der Waals surface area contributed by atoms with E-state index in [2.05, 4.69) is 65.8 Å². The average molecular weight is 452 g/mol. The Kier molecular flexibility index (Phi) is 6.59. The molecule has 0 heterocycles. The van der Waals surface area contributed by atoms with Gasteiger partial charge in [-0.2, -0.15) is 0 Å². The molecule has 4 heteroatoms. The van der Waals surface area contributed by atoms with Gasteiger partial charge in [-0.05, 0) is 0 Å². The van der Waals surface area contributed by atoms with Crippen molar-refractivity contribution in [2.75, 3.05) is 0 Å². The van der Waals surface area contributed by atoms with Crippen LogP contribution in [0.2, 0.25) is 0 Å². The summed E-state index contributed by atoms with van der Waals surface area (Å²) in [5, 5.41) is 0. The van der Waals surface area contributed by atoms with Crippen molar-refractivity contribution in [2.45, 2.75) is 46.4 Å². The molecule has 1 atom stereocenters. The van der Waals surface area contributed by atoms with Gasteiger partial charge in [0.05, 0.1) is 0 Å². The van der Waals surface area contributed by atoms with Gasteiger partial charge in [0.25, 0.3) is 0 Å². The van der Waals surface area contributed by atoms with Crippen LogP contribution >= 0.6 is 0 Å². The SMILES string of the molecule is Cc1cc(C)[c]([Ge]([O][S@](=O)c2ccccc2)[c]2c(C)cc(C)cc2C)c(C)c1. The van der Waals surface area contributed by atoms with Crippen LogP contribution in [0, 0.1) is 41.5 Å². The number of hydrogen-bond acceptors (Lipinski definition) is 2. The van der Waals surface area contributed by atoms with Crippen molar-refractivity contribution in [3.05, 3.63) is 88.0 Å². The van der Waals surface area contributed by atoms with E-state index < -0.39 is 25.8 Å². The van der Waals surface area contributed by atoms with Crippen LogP contribution in [0.4, 0.5) is 0 Å². The normalized spacial score (nSPS) is 12.4. The molecule has 0 unspecified atom stereocenters. The molecule has 0 aliphatic carbocycles. The van der Waals surface area contributed by atoms with Gasteiger partial charge in [-0.3, -0.25) is 0 Å². The third kappa shape index (κ3) is 4.48. The van der Waals surface area contributed by atoms with Crippen LogP contribution in [0.3, 0.4) is 0 Å². The topological polar surface area (TPSA) is 26.3 Å². The molecule has 0 N–H and O–H groups in total. The van der Waals surface area contributed by atoms with Crippen molar-refractivity contribution in [3.8, 4) is 0 Å². The van der Waals surface area contributed by atoms with Crippen molar-refractivity contribution in [1.82, 2.24) is 0 Å². The van der Waals surface area contributed by atoms with Crippen molar-refractivity contribution in [3.63, 3.8) is 0 Å². The fraction of sp³-hybridized carbons (Fsp3) is 0.250. The second-order valence-electron chi connectivity index (χ2n) is 7.51. The van der Waals surface area contributed by atoms with Gasteiger partial charge >= 0.3 is 176 Å². The zero-order valence-corrected chi connectivity index (χ0v) is 20.3. The van der Waals surface area contributed by atoms with E-state index in [-0.39, 0.29) is 0 Å². The minimum atomic E-state index is -2.53. The Morgan fingerprint density at radius 2 is 1.07 bits per heavy atom. The molecule has 1 radical (unpaired) electrons. The molecule has 0 bridgehead atoms. The van der Waals surface area contributed by atoms with E-state index in [0.29, 0.717) is 0 Å². The molecule has 2 nitrogen and oxygen atoms in total. The molecule has 3 rings (SSSR count). The van der Waals surface area contributed by atoms with Crippen molar-refractivity contribution < 1.29 is 7.42 Å². The predicted octanol–water partition coefficient (Wildman–Crippen LogP) is 4.38. The van der Waals surface area contributed by atoms with E-state index in [0.717, 1.165) is 4.90 Å². The van der Waals surface area contributed by atoms with Gasteiger partial charge < -0.3 is 0 Å². The van der Waals surface area contributed by atoms with E-state index in [9.17, 15) is 4.21 Å². The zero-order chi connectivity index (χ0) is 20.4. The fourth-order valence-electron chi connectivity index (χ4n) is 3.94. The quantitative estimate of drug-likeness (QED) is 0.538. The van der Waals surface area contributed by atoms with E-state index in [1.807, 2.05) is 30.3 Å². The standard InChI is InChI=1S/C24H27GeO2S/c1-16-12-18(3)23(19(4)13-16)25(24-20(5)14-17(2)15-21(24)6)27-28(26)22-10-8-7-9-11-22/h7-15H,1-6H3/t28-/m0/s1. The van der Waals surface area contributed by atoms with Crippen LogP contribution in [0.1, 0.15) is 33.4 Å². The molecule has 0 saturated heterocycles. The maximum absolute atomic E-state index is 13.1. The van der Waals surface area contributed by atoms with Gasteiger partial charge in [0.2, 0.25) is 0 Å². The van der Waals surface area contributed by atoms with Gasteiger partial charge in [-0.15, -0.1) is 0 Å². The summed E-state index contributed by atoms with van der Waals surface area (Å²) in [6, 6.07) is 18.3. The summed E-state index contributed by atoms with van der Waals surface area (Å²) in [7, 11) is 0. The van der Waals surface area contributed by atoms with Crippen LogP contribution < -0.4 is 8.79 Å². The number of hydrogen-bond donors (Lipinski definition) is 0. The second kappa shape index (κ2) is 8.77. The summed E-state index contributed by atoms with van der Waals surface area (Å²) >= 11 is -4.02. The molecule has 145 valence electrons. The third-order valence-electron chi connectivity index (χ3n) is 4.90. The molecule has 0 aliphatic heterocycles. The van der Waals surface area contributed by atoms with Crippen LogP contribution in [0.5, 0.6) is 0 Å². The Hall–Kier alpha value is -1.69. The maximum atomic E-state index is 13.1. The number of rotatable bonds is 5. The Morgan fingerprint density at radius 1 is 0.679 bits per heavy atom. The Morgan fingerprint density at radius 3 is 1.46 bits per heavy atom. The van der Waals surface area contributed by atoms with E-state index in [1.165, 1.54) is 42.2 Å². The van der Waals surface area contributed by atoms with Gasteiger partial charge in [0.1, 0.15) is 0 Å². The van der Waals surface area contributed by atoms with Crippen molar-refractivity contribution in [2.24, 2.45) is 0 Å². The van der Waals surface area contributed by atoms with Gasteiger partial charge in [-0.1, -0.05) is 0 Å². The van der Waals surface area contributed by atoms with Gasteiger partial charge in [0, 0.05) is 0 Å². The molecule has 0 fully saturated rings. The number of aryl methyl sites for hydroxylation is 6. The molecule has 3 aromatic rings. The molecular formula is C24H27GeO2S. The first-order valence-electron chi connectivity index (χ1n) is 9.46. The molecule has 0 aromatic heterocycles. The monoisotopic (exact) mass is 453 g/mol. The van der Waals surface area contributed by atoms with E-state index >= 15 is 0 Å². The molecule has 0 aliphatic rings. The first kappa shape index (κ1) is 21.0. The summed E-state index contributed by atoms with van der Waals surface area (Å²) in [6.07, 6.45) is 0. The molecule has 0 spiro atoms. The third-order valence-corrected chi connectivity index (χ3v) is 13.1. The summed E-state index contributed by atoms with van der Waals surface area (Å²) in [5.74, 6) is 0. The summed E-state index contributed by atoms with van der Waals surface area (Å²) in [6.45, 7) is 12.8. The fourth-order valence-corrected chi connectivity index (χ4v) is 11.5. The van der Waals surface area contributed by atoms with E-state index in [4.69, 9.17) is 3.21 Å². The first-order valence-corrected chi connectivity index (χ1v) is 13.5. The molecular weight excluding hydrogens is 425 g/mol. The average Bonchev–Trinajstić information content (AvgIpc) is 2.60. The molecule has 0 saturated carbocycles. The second-order valence-corrected chi connectivity index (χ2v) is 13.1. The van der Waals surface area contributed by atoms with Crippen molar-refractivity contribution in [1.29, 1.82) is 0 Å². The number of benzene rings is 3. The molecule has 28 heavy (non-hydrogen) atoms.